The van der Waals surface area contributed by atoms with E-state index in [1.165, 1.54) is 29.2 Å². The second-order valence-electron chi connectivity index (χ2n) is 10.7. The van der Waals surface area contributed by atoms with Crippen molar-refractivity contribution in [1.29, 1.82) is 0 Å². The van der Waals surface area contributed by atoms with Gasteiger partial charge in [0, 0.05) is 27.4 Å². The van der Waals surface area contributed by atoms with Crippen molar-refractivity contribution >= 4 is 46.6 Å². The van der Waals surface area contributed by atoms with Gasteiger partial charge in [0.05, 0.1) is 43.1 Å². The Balaban J connectivity index is 1.61. The van der Waals surface area contributed by atoms with Gasteiger partial charge >= 0.3 is 5.97 Å². The van der Waals surface area contributed by atoms with E-state index in [0.717, 1.165) is 11.1 Å². The molecule has 0 saturated carbocycles. The SMILES string of the molecule is C=CCc1cc(/C=c2\sc3n(c2=O)[C@@H](c2ccc(OCC)c(OCC)c2)C(C(=O)OC)=CN=3)cc(OCC)c1OCc1ccc(Cl)cc1Cl. The first-order valence-electron chi connectivity index (χ1n) is 15.7. The number of nitrogens with zero attached hydrogens (tertiary/aromatic N) is 2. The summed E-state index contributed by atoms with van der Waals surface area (Å²) >= 11 is 13.7. The smallest absolute Gasteiger partial charge is 0.337 e. The molecule has 0 amide bonds. The third kappa shape index (κ3) is 7.88. The van der Waals surface area contributed by atoms with Crippen LogP contribution in [0.3, 0.4) is 0 Å². The number of esters is 1. The number of carbonyl (C=O) groups is 1. The Morgan fingerprint density at radius 2 is 1.67 bits per heavy atom. The maximum absolute atomic E-state index is 14.2. The number of rotatable bonds is 14. The Morgan fingerprint density at radius 3 is 2.37 bits per heavy atom. The van der Waals surface area contributed by atoms with Crippen molar-refractivity contribution < 1.29 is 28.5 Å². The van der Waals surface area contributed by atoms with Gasteiger partial charge in [0.25, 0.3) is 5.56 Å². The number of ether oxygens (including phenoxy) is 5. The van der Waals surface area contributed by atoms with Gasteiger partial charge in [0.1, 0.15) is 6.61 Å². The molecule has 12 heteroatoms. The zero-order chi connectivity index (χ0) is 35.1. The van der Waals surface area contributed by atoms with Crippen molar-refractivity contribution in [3.05, 3.63) is 125 Å². The lowest BCUT2D eigenvalue weighted by molar-refractivity contribution is -0.136. The minimum absolute atomic E-state index is 0.192. The Hall–Kier alpha value is -4.51. The Kier molecular flexibility index (Phi) is 11.9. The highest BCUT2D eigenvalue weighted by atomic mass is 35.5. The van der Waals surface area contributed by atoms with Crippen LogP contribution in [0, 0.1) is 0 Å². The van der Waals surface area contributed by atoms with Crippen molar-refractivity contribution in [3.8, 4) is 23.0 Å². The zero-order valence-electron chi connectivity index (χ0n) is 27.6. The first-order chi connectivity index (χ1) is 23.7. The number of fused-ring (bicyclic) bond motifs is 1. The normalized spacial score (nSPS) is 14.0. The van der Waals surface area contributed by atoms with Crippen LogP contribution in [0.4, 0.5) is 0 Å². The number of hydrogen-bond donors (Lipinski definition) is 0. The predicted molar refractivity (Wildman–Crippen MR) is 192 cm³/mol. The molecule has 256 valence electrons. The minimum atomic E-state index is -0.813. The van der Waals surface area contributed by atoms with E-state index in [2.05, 4.69) is 11.6 Å². The third-order valence-electron chi connectivity index (χ3n) is 7.51. The molecule has 4 aromatic rings. The Bertz CT molecular complexity index is 2090. The molecule has 0 bridgehead atoms. The van der Waals surface area contributed by atoms with E-state index in [4.69, 9.17) is 46.9 Å². The van der Waals surface area contributed by atoms with Crippen molar-refractivity contribution in [2.45, 2.75) is 39.8 Å². The van der Waals surface area contributed by atoms with E-state index in [1.54, 1.807) is 36.4 Å². The maximum atomic E-state index is 14.2. The molecule has 0 fully saturated rings. The topological polar surface area (TPSA) is 97.6 Å². The zero-order valence-corrected chi connectivity index (χ0v) is 29.9. The molecule has 49 heavy (non-hydrogen) atoms. The molecule has 3 aromatic carbocycles. The number of thiazole rings is 1. The van der Waals surface area contributed by atoms with Crippen LogP contribution in [0.25, 0.3) is 6.08 Å². The van der Waals surface area contributed by atoms with Crippen LogP contribution in [-0.2, 0) is 22.6 Å². The van der Waals surface area contributed by atoms with Crippen molar-refractivity contribution in [2.75, 3.05) is 26.9 Å². The van der Waals surface area contributed by atoms with Gasteiger partial charge in [0.2, 0.25) is 0 Å². The number of benzene rings is 3. The standard InChI is InChI=1S/C37H36Cl2N2O7S/c1-6-10-24-15-22(16-31(47-9-4)34(24)48-21-25-11-13-26(38)19-28(25)39)17-32-35(42)41-33(27(36(43)44-5)20-40-37(41)49-32)23-12-14-29(45-7-2)30(18-23)46-8-3/h6,11-20,33H,1,7-10,21H2,2-5H3/b32-17-/t33-/m0/s1. The summed E-state index contributed by atoms with van der Waals surface area (Å²) in [6.07, 6.45) is 5.49. The average Bonchev–Trinajstić information content (AvgIpc) is 3.40. The first kappa shape index (κ1) is 35.8. The summed E-state index contributed by atoms with van der Waals surface area (Å²) in [5.74, 6) is 1.53. The second kappa shape index (κ2) is 16.3. The fourth-order valence-corrected chi connectivity index (χ4v) is 6.86. The van der Waals surface area contributed by atoms with Crippen LogP contribution in [-0.4, -0.2) is 37.5 Å². The Morgan fingerprint density at radius 1 is 0.939 bits per heavy atom. The predicted octanol–water partition coefficient (Wildman–Crippen LogP) is 6.83. The molecule has 5 rings (SSSR count). The summed E-state index contributed by atoms with van der Waals surface area (Å²) in [4.78, 5) is 32.1. The van der Waals surface area contributed by atoms with E-state index < -0.39 is 12.0 Å². The molecular formula is C37H36Cl2N2O7S. The number of methoxy groups -OCH3 is 1. The molecule has 1 aliphatic rings. The lowest BCUT2D eigenvalue weighted by Gasteiger charge is -2.23. The number of halogens is 2. The van der Waals surface area contributed by atoms with Gasteiger partial charge in [-0.2, -0.15) is 0 Å². The van der Waals surface area contributed by atoms with Crippen LogP contribution >= 0.6 is 34.5 Å². The van der Waals surface area contributed by atoms with Gasteiger partial charge in [-0.1, -0.05) is 52.7 Å². The minimum Gasteiger partial charge on any atom is -0.490 e. The van der Waals surface area contributed by atoms with Crippen LogP contribution < -0.4 is 33.8 Å². The molecular weight excluding hydrogens is 687 g/mol. The molecule has 0 saturated heterocycles. The summed E-state index contributed by atoms with van der Waals surface area (Å²) in [6, 6.07) is 13.5. The van der Waals surface area contributed by atoms with Gasteiger partial charge in [-0.05, 0) is 80.8 Å². The molecule has 2 heterocycles. The molecule has 9 nitrogen and oxygen atoms in total. The van der Waals surface area contributed by atoms with E-state index in [-0.39, 0.29) is 17.7 Å². The van der Waals surface area contributed by atoms with Gasteiger partial charge in [-0.15, -0.1) is 6.58 Å². The Labute approximate surface area is 298 Å². The van der Waals surface area contributed by atoms with Crippen LogP contribution in [0.5, 0.6) is 23.0 Å². The number of hydrogen-bond acceptors (Lipinski definition) is 9. The van der Waals surface area contributed by atoms with Crippen LogP contribution in [0.15, 0.2) is 82.7 Å². The molecule has 1 aliphatic heterocycles. The quantitative estimate of drug-likeness (QED) is 0.104. The number of allylic oxidation sites excluding steroid dienone is 1. The van der Waals surface area contributed by atoms with Crippen LogP contribution in [0.1, 0.15) is 49.1 Å². The van der Waals surface area contributed by atoms with E-state index in [1.807, 2.05) is 45.0 Å². The average molecular weight is 724 g/mol. The summed E-state index contributed by atoms with van der Waals surface area (Å²) in [5.41, 5.74) is 2.82. The molecule has 0 aliphatic carbocycles. The summed E-state index contributed by atoms with van der Waals surface area (Å²) in [7, 11) is 1.30. The molecule has 1 atom stereocenters. The monoisotopic (exact) mass is 722 g/mol. The fraction of sp³-hybridized carbons (Fsp3) is 0.270. The lowest BCUT2D eigenvalue weighted by Crippen LogP contribution is -2.39. The summed E-state index contributed by atoms with van der Waals surface area (Å²) in [6.45, 7) is 11.0. The highest BCUT2D eigenvalue weighted by molar-refractivity contribution is 7.07. The van der Waals surface area contributed by atoms with Gasteiger partial charge in [0.15, 0.2) is 27.8 Å². The summed E-state index contributed by atoms with van der Waals surface area (Å²) in [5, 5.41) is 1.03. The molecule has 0 spiro atoms. The maximum Gasteiger partial charge on any atom is 0.337 e. The van der Waals surface area contributed by atoms with Gasteiger partial charge < -0.3 is 23.7 Å². The van der Waals surface area contributed by atoms with Crippen molar-refractivity contribution in [3.63, 3.8) is 0 Å². The molecule has 1 aromatic heterocycles. The van der Waals surface area contributed by atoms with E-state index in [0.29, 0.717) is 79.7 Å². The largest absolute Gasteiger partial charge is 0.490 e. The van der Waals surface area contributed by atoms with Crippen LogP contribution in [0.2, 0.25) is 10.0 Å². The number of aromatic nitrogens is 1. The van der Waals surface area contributed by atoms with Crippen molar-refractivity contribution in [2.24, 2.45) is 4.99 Å². The van der Waals surface area contributed by atoms with E-state index >= 15 is 0 Å². The molecule has 0 radical (unpaired) electrons. The van der Waals surface area contributed by atoms with Crippen molar-refractivity contribution in [1.82, 2.24) is 4.57 Å². The number of carbonyl (C=O) groups excluding carboxylic acids is 1. The first-order valence-corrected chi connectivity index (χ1v) is 17.3. The fourth-order valence-electron chi connectivity index (χ4n) is 5.43. The molecule has 0 N–H and O–H groups in total. The second-order valence-corrected chi connectivity index (χ2v) is 12.6. The highest BCUT2D eigenvalue weighted by Crippen LogP contribution is 2.37. The molecule has 0 unspecified atom stereocenters. The van der Waals surface area contributed by atoms with Gasteiger partial charge in [-0.25, -0.2) is 9.79 Å². The van der Waals surface area contributed by atoms with Gasteiger partial charge in [-0.3, -0.25) is 9.36 Å². The highest BCUT2D eigenvalue weighted by Gasteiger charge is 2.31. The summed E-state index contributed by atoms with van der Waals surface area (Å²) < 4.78 is 30.9. The van der Waals surface area contributed by atoms with E-state index in [9.17, 15) is 9.59 Å². The third-order valence-corrected chi connectivity index (χ3v) is 9.10. The lowest BCUT2D eigenvalue weighted by atomic mass is 9.97.